The van der Waals surface area contributed by atoms with Gasteiger partial charge in [0.05, 0.1) is 29.3 Å². The minimum atomic E-state index is -0.672. The molecule has 1 atom stereocenters. The Morgan fingerprint density at radius 2 is 1.68 bits per heavy atom. The van der Waals surface area contributed by atoms with E-state index in [0.29, 0.717) is 10.6 Å². The van der Waals surface area contributed by atoms with E-state index in [9.17, 15) is 14.4 Å². The van der Waals surface area contributed by atoms with E-state index in [0.717, 1.165) is 5.69 Å². The van der Waals surface area contributed by atoms with Crippen LogP contribution in [0.1, 0.15) is 65.7 Å². The Kier molecular flexibility index (Phi) is 13.5. The number of nitrogens with two attached hydrogens (primary N) is 1. The fourth-order valence-corrected chi connectivity index (χ4v) is 3.84. The molecule has 0 aliphatic rings. The van der Waals surface area contributed by atoms with Crippen LogP contribution in [0.3, 0.4) is 0 Å². The average molecular weight is 609 g/mol. The van der Waals surface area contributed by atoms with Crippen LogP contribution in [0, 0.1) is 6.92 Å². The normalized spacial score (nSPS) is 11.2. The first-order chi connectivity index (χ1) is 18.2. The molecule has 3 rings (SSSR count). The van der Waals surface area contributed by atoms with Gasteiger partial charge in [0.15, 0.2) is 0 Å². The second kappa shape index (κ2) is 15.5. The number of aryl methyl sites for hydroxylation is 1. The van der Waals surface area contributed by atoms with Crippen LogP contribution in [0.15, 0.2) is 60.8 Å². The molecule has 0 saturated carbocycles. The number of rotatable bonds is 6. The molecule has 1 heterocycles. The van der Waals surface area contributed by atoms with Gasteiger partial charge in [-0.25, -0.2) is 4.79 Å². The Morgan fingerprint density at radius 1 is 1.02 bits per heavy atom. The molecule has 40 heavy (non-hydrogen) atoms. The maximum Gasteiger partial charge on any atom is 0.340 e. The summed E-state index contributed by atoms with van der Waals surface area (Å²) in [7, 11) is 1.23. The van der Waals surface area contributed by atoms with Crippen molar-refractivity contribution in [1.29, 1.82) is 0 Å². The Bertz CT molecular complexity index is 1320. The van der Waals surface area contributed by atoms with Crippen LogP contribution in [0.25, 0.3) is 0 Å². The van der Waals surface area contributed by atoms with E-state index >= 15 is 0 Å². The van der Waals surface area contributed by atoms with Crippen molar-refractivity contribution in [1.82, 2.24) is 9.88 Å². The van der Waals surface area contributed by atoms with E-state index in [2.05, 4.69) is 4.98 Å². The van der Waals surface area contributed by atoms with E-state index in [1.165, 1.54) is 30.2 Å². The van der Waals surface area contributed by atoms with Crippen LogP contribution in [-0.2, 0) is 14.3 Å². The van der Waals surface area contributed by atoms with E-state index in [1.54, 1.807) is 52.1 Å². The number of hydrogen-bond acceptors (Lipinski definition) is 7. The summed E-state index contributed by atoms with van der Waals surface area (Å²) in [4.78, 5) is 42.9. The summed E-state index contributed by atoms with van der Waals surface area (Å²) in [6, 6.07) is 14.5. The molecule has 1 aromatic heterocycles. The number of anilines is 1. The number of methoxy groups -OCH3 is 1. The number of nitrogens with zero attached hydrogens (tertiary/aromatic N) is 2. The fraction of sp³-hybridized carbons (Fsp3) is 0.310. The summed E-state index contributed by atoms with van der Waals surface area (Å²) < 4.78 is 10.1. The molecule has 0 fully saturated rings. The Labute approximate surface area is 252 Å². The van der Waals surface area contributed by atoms with E-state index in [-0.39, 0.29) is 41.9 Å². The third-order valence-electron chi connectivity index (χ3n) is 5.41. The first-order valence-corrected chi connectivity index (χ1v) is 12.8. The minimum absolute atomic E-state index is 0. The van der Waals surface area contributed by atoms with E-state index < -0.39 is 29.5 Å². The van der Waals surface area contributed by atoms with Gasteiger partial charge < -0.3 is 20.1 Å². The van der Waals surface area contributed by atoms with Gasteiger partial charge in [0.1, 0.15) is 12.1 Å². The van der Waals surface area contributed by atoms with Crippen LogP contribution in [0.5, 0.6) is 0 Å². The molecule has 0 aliphatic carbocycles. The number of ether oxygens (including phenoxy) is 2. The number of nitrogen functional groups attached to an aromatic ring is 1. The van der Waals surface area contributed by atoms with Gasteiger partial charge in [-0.15, -0.1) is 0 Å². The lowest BCUT2D eigenvalue weighted by molar-refractivity contribution is -0.141. The Hall–Kier alpha value is -3.27. The second-order valence-electron chi connectivity index (χ2n) is 9.63. The number of carbonyl (C=O) groups is 3. The number of carbonyl (C=O) groups excluding carboxylic acids is 3. The summed E-state index contributed by atoms with van der Waals surface area (Å²) in [6.07, 6.45) is 1.79. The highest BCUT2D eigenvalue weighted by Crippen LogP contribution is 2.29. The van der Waals surface area contributed by atoms with Gasteiger partial charge in [-0.05, 0) is 82.6 Å². The van der Waals surface area contributed by atoms with Gasteiger partial charge in [-0.1, -0.05) is 35.3 Å². The molecular formula is C29H35Cl2N3O5S. The molecule has 0 spiro atoms. The van der Waals surface area contributed by atoms with Crippen LogP contribution in [0.4, 0.5) is 5.69 Å². The highest BCUT2D eigenvalue weighted by Gasteiger charge is 2.28. The van der Waals surface area contributed by atoms with Crippen LogP contribution in [-0.4, -0.2) is 47.0 Å². The highest BCUT2D eigenvalue weighted by atomic mass is 35.5. The largest absolute Gasteiger partial charge is 0.468 e. The van der Waals surface area contributed by atoms with Gasteiger partial charge in [0.2, 0.25) is 0 Å². The Balaban J connectivity index is 0.000000867. The van der Waals surface area contributed by atoms with Gasteiger partial charge in [0, 0.05) is 22.6 Å². The first kappa shape index (κ1) is 34.8. The average Bonchev–Trinajstić information content (AvgIpc) is 2.86. The molecule has 0 aliphatic heterocycles. The van der Waals surface area contributed by atoms with Gasteiger partial charge >= 0.3 is 11.9 Å². The van der Waals surface area contributed by atoms with Gasteiger partial charge in [-0.3, -0.25) is 14.6 Å². The SMILES string of the molecule is COC(=O)CN(C(=O)c1ccc(Cl)cc1N)C(C)c1ccc(C(=O)OC(C)(C)C)c(Cl)c1.Cc1ccccn1.S. The smallest absolute Gasteiger partial charge is 0.340 e. The first-order valence-electron chi connectivity index (χ1n) is 12.1. The number of amides is 1. The third kappa shape index (κ3) is 10.4. The van der Waals surface area contributed by atoms with Crippen molar-refractivity contribution >= 4 is 60.2 Å². The molecule has 2 N–H and O–H groups in total. The molecule has 0 radical (unpaired) electrons. The second-order valence-corrected chi connectivity index (χ2v) is 10.5. The number of hydrogen-bond donors (Lipinski definition) is 1. The van der Waals surface area contributed by atoms with Crippen molar-refractivity contribution in [3.63, 3.8) is 0 Å². The molecule has 1 amide bonds. The van der Waals surface area contributed by atoms with Crippen molar-refractivity contribution in [2.45, 2.75) is 46.3 Å². The Morgan fingerprint density at radius 3 is 2.15 bits per heavy atom. The number of pyridine rings is 1. The monoisotopic (exact) mass is 607 g/mol. The predicted octanol–water partition coefficient (Wildman–Crippen LogP) is 6.41. The van der Waals surface area contributed by atoms with Crippen LogP contribution >= 0.6 is 36.7 Å². The summed E-state index contributed by atoms with van der Waals surface area (Å²) in [5.74, 6) is -1.64. The fourth-order valence-electron chi connectivity index (χ4n) is 3.39. The molecule has 11 heteroatoms. The number of benzene rings is 2. The topological polar surface area (TPSA) is 112 Å². The molecule has 8 nitrogen and oxygen atoms in total. The van der Waals surface area contributed by atoms with Crippen molar-refractivity contribution in [3.8, 4) is 0 Å². The number of esters is 2. The van der Waals surface area contributed by atoms with Crippen molar-refractivity contribution in [3.05, 3.63) is 93.2 Å². The van der Waals surface area contributed by atoms with Crippen LogP contribution < -0.4 is 5.73 Å². The lowest BCUT2D eigenvalue weighted by atomic mass is 10.0. The summed E-state index contributed by atoms with van der Waals surface area (Å²) in [5, 5.41) is 0.552. The maximum absolute atomic E-state index is 13.2. The summed E-state index contributed by atoms with van der Waals surface area (Å²) >= 11 is 12.3. The highest BCUT2D eigenvalue weighted by molar-refractivity contribution is 7.59. The third-order valence-corrected chi connectivity index (χ3v) is 5.95. The molecule has 3 aromatic rings. The molecule has 2 aromatic carbocycles. The lowest BCUT2D eigenvalue weighted by Gasteiger charge is -2.29. The van der Waals surface area contributed by atoms with Crippen molar-refractivity contribution < 1.29 is 23.9 Å². The maximum atomic E-state index is 13.2. The zero-order chi connectivity index (χ0) is 29.3. The lowest BCUT2D eigenvalue weighted by Crippen LogP contribution is -2.38. The molecular weight excluding hydrogens is 573 g/mol. The molecule has 0 saturated heterocycles. The van der Waals surface area contributed by atoms with Crippen molar-refractivity contribution in [2.24, 2.45) is 0 Å². The van der Waals surface area contributed by atoms with Gasteiger partial charge in [0.25, 0.3) is 5.91 Å². The standard InChI is InChI=1S/C23H26Cl2N2O5.C6H7N.H2S/c1-13(14-6-8-16(18(25)10-14)22(30)32-23(2,3)4)27(12-20(28)31-5)21(29)17-9-7-15(24)11-19(17)26;1-6-4-2-3-5-7-6;/h6-11,13H,12,26H2,1-5H3;2-5H,1H3;1H2. The van der Waals surface area contributed by atoms with Crippen molar-refractivity contribution in [2.75, 3.05) is 19.4 Å². The molecule has 0 bridgehead atoms. The zero-order valence-electron chi connectivity index (χ0n) is 23.3. The minimum Gasteiger partial charge on any atom is -0.468 e. The van der Waals surface area contributed by atoms with Gasteiger partial charge in [-0.2, -0.15) is 13.5 Å². The molecule has 216 valence electrons. The number of aromatic nitrogens is 1. The summed E-state index contributed by atoms with van der Waals surface area (Å²) in [5.41, 5.74) is 7.55. The van der Waals surface area contributed by atoms with Crippen LogP contribution in [0.2, 0.25) is 10.0 Å². The number of halogens is 2. The predicted molar refractivity (Wildman–Crippen MR) is 163 cm³/mol. The zero-order valence-corrected chi connectivity index (χ0v) is 25.8. The quantitative estimate of drug-likeness (QED) is 0.254. The van der Waals surface area contributed by atoms with E-state index in [4.69, 9.17) is 38.4 Å². The summed E-state index contributed by atoms with van der Waals surface area (Å²) in [6.45, 7) is 8.66. The van der Waals surface area contributed by atoms with E-state index in [1.807, 2.05) is 25.1 Å². The molecule has 1 unspecified atom stereocenters.